The van der Waals surface area contributed by atoms with Crippen LogP contribution >= 0.6 is 0 Å². The second kappa shape index (κ2) is 8.45. The average Bonchev–Trinajstić information content (AvgIpc) is 2.68. The molecule has 2 aromatic carbocycles. The van der Waals surface area contributed by atoms with Crippen molar-refractivity contribution in [1.82, 2.24) is 15.3 Å². The van der Waals surface area contributed by atoms with Crippen molar-refractivity contribution in [1.29, 1.82) is 0 Å². The number of anilines is 2. The van der Waals surface area contributed by atoms with Crippen LogP contribution in [0.2, 0.25) is 0 Å². The fraction of sp³-hybridized carbons (Fsp3) is 0.227. The summed E-state index contributed by atoms with van der Waals surface area (Å²) in [7, 11) is 0. The number of aryl methyl sites for hydroxylation is 1. The number of hydrogen-bond acceptors (Lipinski definition) is 4. The van der Waals surface area contributed by atoms with Crippen LogP contribution in [0.1, 0.15) is 46.8 Å². The predicted molar refractivity (Wildman–Crippen MR) is 108 cm³/mol. The maximum absolute atomic E-state index is 12.3. The molecule has 27 heavy (non-hydrogen) atoms. The Kier molecular flexibility index (Phi) is 5.81. The maximum atomic E-state index is 12.3. The lowest BCUT2D eigenvalue weighted by Crippen LogP contribution is -2.23. The van der Waals surface area contributed by atoms with Crippen molar-refractivity contribution in [3.8, 4) is 0 Å². The summed E-state index contributed by atoms with van der Waals surface area (Å²) in [5.41, 5.74) is 4.87. The average molecular weight is 360 g/mol. The van der Waals surface area contributed by atoms with Gasteiger partial charge in [0, 0.05) is 24.6 Å². The van der Waals surface area contributed by atoms with Crippen LogP contribution in [0.3, 0.4) is 0 Å². The van der Waals surface area contributed by atoms with E-state index in [1.54, 1.807) is 0 Å². The Bertz CT molecular complexity index is 902. The Morgan fingerprint density at radius 3 is 2.30 bits per heavy atom. The minimum Gasteiger partial charge on any atom is -0.348 e. The van der Waals surface area contributed by atoms with E-state index in [9.17, 15) is 4.79 Å². The van der Waals surface area contributed by atoms with Gasteiger partial charge in [-0.05, 0) is 41.7 Å². The highest BCUT2D eigenvalue weighted by molar-refractivity contribution is 5.93. The topological polar surface area (TPSA) is 66.9 Å². The molecule has 3 rings (SSSR count). The third kappa shape index (κ3) is 4.91. The van der Waals surface area contributed by atoms with E-state index in [0.717, 1.165) is 16.8 Å². The smallest absolute Gasteiger partial charge is 0.254 e. The number of nitrogens with one attached hydrogen (secondary N) is 2. The number of carbonyl (C=O) groups is 1. The molecule has 1 aromatic heterocycles. The van der Waals surface area contributed by atoms with E-state index in [1.807, 2.05) is 43.3 Å². The Hall–Kier alpha value is -3.21. The van der Waals surface area contributed by atoms with Gasteiger partial charge in [-0.15, -0.1) is 0 Å². The minimum absolute atomic E-state index is 0.189. The van der Waals surface area contributed by atoms with Crippen LogP contribution in [0.4, 0.5) is 11.6 Å². The monoisotopic (exact) mass is 360 g/mol. The van der Waals surface area contributed by atoms with Crippen LogP contribution in [0, 0.1) is 6.92 Å². The van der Waals surface area contributed by atoms with Gasteiger partial charge in [0.15, 0.2) is 0 Å². The van der Waals surface area contributed by atoms with Gasteiger partial charge in [-0.3, -0.25) is 4.79 Å². The predicted octanol–water partition coefficient (Wildman–Crippen LogP) is 4.58. The molecule has 0 radical (unpaired) electrons. The number of nitrogens with zero attached hydrogens (tertiary/aromatic N) is 2. The van der Waals surface area contributed by atoms with Crippen molar-refractivity contribution in [2.75, 3.05) is 5.32 Å². The van der Waals surface area contributed by atoms with Gasteiger partial charge in [0.1, 0.15) is 0 Å². The molecular formula is C22H24N4O. The van der Waals surface area contributed by atoms with E-state index in [0.29, 0.717) is 24.0 Å². The highest BCUT2D eigenvalue weighted by Gasteiger charge is 2.08. The van der Waals surface area contributed by atoms with Crippen molar-refractivity contribution in [2.24, 2.45) is 0 Å². The van der Waals surface area contributed by atoms with E-state index in [1.165, 1.54) is 18.0 Å². The maximum Gasteiger partial charge on any atom is 0.254 e. The van der Waals surface area contributed by atoms with Crippen molar-refractivity contribution < 1.29 is 4.79 Å². The first-order valence-corrected chi connectivity index (χ1v) is 9.04. The normalized spacial score (nSPS) is 10.7. The molecule has 5 nitrogen and oxygen atoms in total. The van der Waals surface area contributed by atoms with Crippen molar-refractivity contribution in [2.45, 2.75) is 33.2 Å². The third-order valence-corrected chi connectivity index (χ3v) is 4.45. The highest BCUT2D eigenvalue weighted by atomic mass is 16.1. The van der Waals surface area contributed by atoms with Gasteiger partial charge >= 0.3 is 0 Å². The molecule has 0 saturated carbocycles. The molecule has 0 saturated heterocycles. The van der Waals surface area contributed by atoms with Crippen LogP contribution in [-0.2, 0) is 6.54 Å². The SMILES string of the molecule is Cc1ccccc1CNC(=O)c1cnc(Nc2ccc(C(C)C)cc2)nc1. The number of amides is 1. The van der Waals surface area contributed by atoms with E-state index >= 15 is 0 Å². The van der Waals surface area contributed by atoms with Gasteiger partial charge in [0.2, 0.25) is 5.95 Å². The second-order valence-corrected chi connectivity index (χ2v) is 6.81. The summed E-state index contributed by atoms with van der Waals surface area (Å²) in [6.07, 6.45) is 3.07. The molecule has 0 bridgehead atoms. The van der Waals surface area contributed by atoms with Gasteiger partial charge < -0.3 is 10.6 Å². The molecule has 0 spiro atoms. The largest absolute Gasteiger partial charge is 0.348 e. The first-order valence-electron chi connectivity index (χ1n) is 9.04. The molecule has 0 aliphatic rings. The standard InChI is InChI=1S/C22H24N4O/c1-15(2)17-8-10-20(11-9-17)26-22-24-13-19(14-25-22)21(27)23-12-18-7-5-4-6-16(18)3/h4-11,13-15H,12H2,1-3H3,(H,23,27)(H,24,25,26). The summed E-state index contributed by atoms with van der Waals surface area (Å²) < 4.78 is 0. The van der Waals surface area contributed by atoms with E-state index in [2.05, 4.69) is 46.6 Å². The zero-order valence-corrected chi connectivity index (χ0v) is 15.9. The van der Waals surface area contributed by atoms with E-state index in [-0.39, 0.29) is 5.91 Å². The molecule has 138 valence electrons. The first kappa shape index (κ1) is 18.6. The summed E-state index contributed by atoms with van der Waals surface area (Å²) in [4.78, 5) is 20.8. The lowest BCUT2D eigenvalue weighted by Gasteiger charge is -2.09. The molecule has 3 aromatic rings. The fourth-order valence-electron chi connectivity index (χ4n) is 2.68. The van der Waals surface area contributed by atoms with Gasteiger partial charge in [-0.25, -0.2) is 9.97 Å². The summed E-state index contributed by atoms with van der Waals surface area (Å²) in [5, 5.41) is 6.05. The Balaban J connectivity index is 1.59. The molecule has 0 aliphatic carbocycles. The van der Waals surface area contributed by atoms with Gasteiger partial charge in [-0.2, -0.15) is 0 Å². The Morgan fingerprint density at radius 2 is 1.67 bits per heavy atom. The molecule has 1 amide bonds. The van der Waals surface area contributed by atoms with Crippen molar-refractivity contribution in [3.05, 3.63) is 83.2 Å². The summed E-state index contributed by atoms with van der Waals surface area (Å²) in [6.45, 7) is 6.83. The third-order valence-electron chi connectivity index (χ3n) is 4.45. The number of rotatable bonds is 6. The Morgan fingerprint density at radius 1 is 1.00 bits per heavy atom. The van der Waals surface area contributed by atoms with E-state index in [4.69, 9.17) is 0 Å². The Labute approximate surface area is 159 Å². The summed E-state index contributed by atoms with van der Waals surface area (Å²) in [6, 6.07) is 16.1. The van der Waals surface area contributed by atoms with Crippen LogP contribution in [0.5, 0.6) is 0 Å². The van der Waals surface area contributed by atoms with E-state index < -0.39 is 0 Å². The molecule has 0 fully saturated rings. The number of aromatic nitrogens is 2. The summed E-state index contributed by atoms with van der Waals surface area (Å²) >= 11 is 0. The molecule has 0 unspecified atom stereocenters. The molecule has 5 heteroatoms. The summed E-state index contributed by atoms with van der Waals surface area (Å²) in [5.74, 6) is 0.765. The first-order chi connectivity index (χ1) is 13.0. The van der Waals surface area contributed by atoms with Crippen LogP contribution in [0.25, 0.3) is 0 Å². The quantitative estimate of drug-likeness (QED) is 0.675. The zero-order chi connectivity index (χ0) is 19.2. The minimum atomic E-state index is -0.189. The van der Waals surface area contributed by atoms with Gasteiger partial charge in [0.25, 0.3) is 5.91 Å². The molecule has 0 atom stereocenters. The molecular weight excluding hydrogens is 336 g/mol. The molecule has 0 aliphatic heterocycles. The second-order valence-electron chi connectivity index (χ2n) is 6.81. The van der Waals surface area contributed by atoms with Crippen molar-refractivity contribution in [3.63, 3.8) is 0 Å². The van der Waals surface area contributed by atoms with Crippen LogP contribution < -0.4 is 10.6 Å². The van der Waals surface area contributed by atoms with Crippen LogP contribution in [-0.4, -0.2) is 15.9 Å². The van der Waals surface area contributed by atoms with Crippen molar-refractivity contribution >= 4 is 17.5 Å². The fourth-order valence-corrected chi connectivity index (χ4v) is 2.68. The molecule has 1 heterocycles. The number of hydrogen-bond donors (Lipinski definition) is 2. The number of benzene rings is 2. The van der Waals surface area contributed by atoms with Crippen LogP contribution in [0.15, 0.2) is 60.9 Å². The lowest BCUT2D eigenvalue weighted by atomic mass is 10.0. The van der Waals surface area contributed by atoms with Gasteiger partial charge in [-0.1, -0.05) is 50.2 Å². The highest BCUT2D eigenvalue weighted by Crippen LogP contribution is 2.19. The zero-order valence-electron chi connectivity index (χ0n) is 15.9. The number of carbonyl (C=O) groups excluding carboxylic acids is 1. The molecule has 2 N–H and O–H groups in total. The lowest BCUT2D eigenvalue weighted by molar-refractivity contribution is 0.0950. The van der Waals surface area contributed by atoms with Gasteiger partial charge in [0.05, 0.1) is 5.56 Å².